The molecule has 0 spiro atoms. The number of hydrogen-bond acceptors (Lipinski definition) is 8. The smallest absolute Gasteiger partial charge is 0.186 e. The van der Waals surface area contributed by atoms with Gasteiger partial charge in [-0.25, -0.2) is 0 Å². The van der Waals surface area contributed by atoms with Crippen LogP contribution in [0.3, 0.4) is 0 Å². The minimum atomic E-state index is -1.48. The lowest BCUT2D eigenvalue weighted by Crippen LogP contribution is -2.59. The number of rotatable bonds is 19. The molecular formula is C26H51NO7. The molecule has 1 aliphatic heterocycles. The van der Waals surface area contributed by atoms with Gasteiger partial charge in [-0.15, -0.1) is 0 Å². The molecule has 202 valence electrons. The van der Waals surface area contributed by atoms with E-state index in [4.69, 9.17) is 9.47 Å². The van der Waals surface area contributed by atoms with E-state index in [9.17, 15) is 25.5 Å². The molecule has 0 amide bonds. The van der Waals surface area contributed by atoms with Crippen LogP contribution in [-0.2, 0) is 9.47 Å². The summed E-state index contributed by atoms with van der Waals surface area (Å²) >= 11 is 0. The highest BCUT2D eigenvalue weighted by molar-refractivity contribution is 4.95. The molecule has 0 radical (unpaired) electrons. The van der Waals surface area contributed by atoms with Crippen LogP contribution >= 0.6 is 0 Å². The van der Waals surface area contributed by atoms with Crippen LogP contribution < -0.4 is 0 Å². The summed E-state index contributed by atoms with van der Waals surface area (Å²) in [5, 5.41) is 49.8. The lowest BCUT2D eigenvalue weighted by Gasteiger charge is -2.40. The van der Waals surface area contributed by atoms with E-state index in [1.54, 1.807) is 6.08 Å². The van der Waals surface area contributed by atoms with Gasteiger partial charge in [0.25, 0.3) is 0 Å². The van der Waals surface area contributed by atoms with Crippen LogP contribution in [0.2, 0.25) is 0 Å². The molecule has 1 heterocycles. The van der Waals surface area contributed by atoms with Gasteiger partial charge in [0, 0.05) is 0 Å². The quantitative estimate of drug-likeness (QED) is 0.138. The van der Waals surface area contributed by atoms with Crippen LogP contribution in [0.4, 0.5) is 0 Å². The third-order valence-electron chi connectivity index (χ3n) is 6.64. The summed E-state index contributed by atoms with van der Waals surface area (Å²) in [7, 11) is 3.64. The first-order chi connectivity index (χ1) is 16.3. The number of likely N-dealkylation sites (N-methyl/N-ethyl adjacent to an activating group) is 1. The highest BCUT2D eigenvalue weighted by Gasteiger charge is 2.44. The van der Waals surface area contributed by atoms with Gasteiger partial charge in [0.15, 0.2) is 6.29 Å². The summed E-state index contributed by atoms with van der Waals surface area (Å²) in [6, 6.07) is -0.388. The Labute approximate surface area is 206 Å². The average Bonchev–Trinajstić information content (AvgIpc) is 2.81. The maximum absolute atomic E-state index is 10.6. The van der Waals surface area contributed by atoms with Crippen LogP contribution in [0, 0.1) is 0 Å². The zero-order valence-corrected chi connectivity index (χ0v) is 21.6. The number of allylic oxidation sites excluding steroid dienone is 1. The first-order valence-electron chi connectivity index (χ1n) is 13.3. The number of ether oxygens (including phenoxy) is 2. The Hall–Kier alpha value is -0.580. The number of unbranched alkanes of at least 4 members (excludes halogenated alkanes) is 11. The second-order valence-corrected chi connectivity index (χ2v) is 9.80. The van der Waals surface area contributed by atoms with Crippen molar-refractivity contribution in [1.82, 2.24) is 4.90 Å². The molecule has 34 heavy (non-hydrogen) atoms. The fraction of sp³-hybridized carbons (Fsp3) is 0.923. The standard InChI is InChI=1S/C26H51NO7/c1-4-5-6-7-8-9-10-11-12-13-14-15-16-17-21(29)20(27(2)3)19-33-26-25(32)24(31)23(30)22(18-28)34-26/h16-17,20-26,28-32H,4-15,18-19H2,1-3H3/b17-16+/t20-,21+,22?,23-,24-,25?,26+/m0/s1. The van der Waals surface area contributed by atoms with Gasteiger partial charge < -0.3 is 39.9 Å². The van der Waals surface area contributed by atoms with Crippen LogP contribution in [0.15, 0.2) is 12.2 Å². The third kappa shape index (κ3) is 11.9. The molecule has 2 unspecified atom stereocenters. The fourth-order valence-corrected chi connectivity index (χ4v) is 4.24. The monoisotopic (exact) mass is 489 g/mol. The fourth-order valence-electron chi connectivity index (χ4n) is 4.24. The SMILES string of the molecule is CCCCCCCCCCCCC/C=C/[C@@H](O)[C@H](CO[C@@H]1OC(CO)[C@H](O)[C@H](O)C1O)N(C)C. The van der Waals surface area contributed by atoms with Crippen molar-refractivity contribution in [2.45, 2.75) is 127 Å². The van der Waals surface area contributed by atoms with Gasteiger partial charge in [0.05, 0.1) is 25.4 Å². The van der Waals surface area contributed by atoms with E-state index in [1.165, 1.54) is 64.2 Å². The van der Waals surface area contributed by atoms with Crippen LogP contribution in [0.5, 0.6) is 0 Å². The van der Waals surface area contributed by atoms with Gasteiger partial charge in [0.1, 0.15) is 24.4 Å². The maximum Gasteiger partial charge on any atom is 0.186 e. The summed E-state index contributed by atoms with van der Waals surface area (Å²) in [5.41, 5.74) is 0. The molecule has 1 rings (SSSR count). The van der Waals surface area contributed by atoms with E-state index in [0.29, 0.717) is 0 Å². The zero-order valence-electron chi connectivity index (χ0n) is 21.6. The van der Waals surface area contributed by atoms with E-state index in [1.807, 2.05) is 25.1 Å². The third-order valence-corrected chi connectivity index (χ3v) is 6.64. The van der Waals surface area contributed by atoms with E-state index in [2.05, 4.69) is 6.92 Å². The number of aliphatic hydroxyl groups is 5. The van der Waals surface area contributed by atoms with Crippen molar-refractivity contribution in [2.24, 2.45) is 0 Å². The Morgan fingerprint density at radius 3 is 1.94 bits per heavy atom. The summed E-state index contributed by atoms with van der Waals surface area (Å²) in [6.45, 7) is 1.78. The molecule has 0 bridgehead atoms. The number of aliphatic hydroxyl groups excluding tert-OH is 5. The van der Waals surface area contributed by atoms with Crippen LogP contribution in [-0.4, -0.2) is 101 Å². The molecule has 5 N–H and O–H groups in total. The predicted octanol–water partition coefficient (Wildman–Crippen LogP) is 2.35. The van der Waals surface area contributed by atoms with Gasteiger partial charge in [-0.05, 0) is 26.9 Å². The largest absolute Gasteiger partial charge is 0.394 e. The highest BCUT2D eigenvalue weighted by atomic mass is 16.7. The van der Waals surface area contributed by atoms with Crippen LogP contribution in [0.1, 0.15) is 84.0 Å². The molecule has 7 atom stereocenters. The lowest BCUT2D eigenvalue weighted by atomic mass is 9.99. The minimum absolute atomic E-state index is 0.0413. The number of hydrogen-bond donors (Lipinski definition) is 5. The Balaban J connectivity index is 2.26. The normalized spacial score (nSPS) is 27.5. The Morgan fingerprint density at radius 2 is 1.41 bits per heavy atom. The number of nitrogens with zero attached hydrogens (tertiary/aromatic N) is 1. The van der Waals surface area contributed by atoms with Crippen molar-refractivity contribution in [3.63, 3.8) is 0 Å². The first kappa shape index (κ1) is 31.4. The van der Waals surface area contributed by atoms with Gasteiger partial charge in [-0.3, -0.25) is 0 Å². The van der Waals surface area contributed by atoms with E-state index in [0.717, 1.165) is 12.8 Å². The van der Waals surface area contributed by atoms with E-state index < -0.39 is 43.4 Å². The van der Waals surface area contributed by atoms with E-state index >= 15 is 0 Å². The van der Waals surface area contributed by atoms with Crippen molar-refractivity contribution in [2.75, 3.05) is 27.3 Å². The molecule has 0 saturated carbocycles. The summed E-state index contributed by atoms with van der Waals surface area (Å²) in [6.07, 6.45) is 11.7. The Morgan fingerprint density at radius 1 is 0.853 bits per heavy atom. The maximum atomic E-state index is 10.6. The predicted molar refractivity (Wildman–Crippen MR) is 133 cm³/mol. The van der Waals surface area contributed by atoms with Gasteiger partial charge in [0.2, 0.25) is 0 Å². The van der Waals surface area contributed by atoms with Crippen molar-refractivity contribution in [1.29, 1.82) is 0 Å². The van der Waals surface area contributed by atoms with Crippen molar-refractivity contribution < 1.29 is 35.0 Å². The summed E-state index contributed by atoms with van der Waals surface area (Å²) in [4.78, 5) is 1.82. The van der Waals surface area contributed by atoms with Gasteiger partial charge >= 0.3 is 0 Å². The van der Waals surface area contributed by atoms with Crippen molar-refractivity contribution >= 4 is 0 Å². The molecule has 8 heteroatoms. The molecule has 1 fully saturated rings. The second-order valence-electron chi connectivity index (χ2n) is 9.80. The van der Waals surface area contributed by atoms with Gasteiger partial charge in [-0.1, -0.05) is 83.3 Å². The minimum Gasteiger partial charge on any atom is -0.394 e. The highest BCUT2D eigenvalue weighted by Crippen LogP contribution is 2.22. The van der Waals surface area contributed by atoms with E-state index in [-0.39, 0.29) is 12.6 Å². The molecule has 0 aromatic heterocycles. The molecule has 0 aromatic rings. The topological polar surface area (TPSA) is 123 Å². The summed E-state index contributed by atoms with van der Waals surface area (Å²) in [5.74, 6) is 0. The lowest BCUT2D eigenvalue weighted by molar-refractivity contribution is -0.303. The molecular weight excluding hydrogens is 438 g/mol. The average molecular weight is 490 g/mol. The van der Waals surface area contributed by atoms with Crippen molar-refractivity contribution in [3.8, 4) is 0 Å². The van der Waals surface area contributed by atoms with Gasteiger partial charge in [-0.2, -0.15) is 0 Å². The molecule has 1 aliphatic rings. The molecule has 1 saturated heterocycles. The molecule has 0 aromatic carbocycles. The molecule has 8 nitrogen and oxygen atoms in total. The second kappa shape index (κ2) is 18.7. The molecule has 0 aliphatic carbocycles. The Kier molecular flexibility index (Phi) is 17.3. The van der Waals surface area contributed by atoms with Crippen LogP contribution in [0.25, 0.3) is 0 Å². The Bertz CT molecular complexity index is 517. The van der Waals surface area contributed by atoms with Crippen molar-refractivity contribution in [3.05, 3.63) is 12.2 Å². The summed E-state index contributed by atoms with van der Waals surface area (Å²) < 4.78 is 11.0. The zero-order chi connectivity index (χ0) is 25.3. The first-order valence-corrected chi connectivity index (χ1v) is 13.3.